The Balaban J connectivity index is 0.000000112. The molecular weight excluding hydrogens is 1760 g/mol. The Hall–Kier alpha value is -19.1. The number of hydrogen-bond acceptors (Lipinski definition) is 0. The average Bonchev–Trinajstić information content (AvgIpc) is 1.56. The van der Waals surface area contributed by atoms with Gasteiger partial charge in [0.2, 0.25) is 0 Å². The van der Waals surface area contributed by atoms with E-state index in [9.17, 15) is 0 Å². The van der Waals surface area contributed by atoms with Gasteiger partial charge in [-0.05, 0) is 273 Å². The van der Waals surface area contributed by atoms with Crippen molar-refractivity contribution in [2.24, 2.45) is 0 Å². The van der Waals surface area contributed by atoms with Crippen molar-refractivity contribution < 1.29 is 0 Å². The monoisotopic (exact) mass is 1850 g/mol. The van der Waals surface area contributed by atoms with Gasteiger partial charge < -0.3 is 9.13 Å². The van der Waals surface area contributed by atoms with Crippen molar-refractivity contribution in [3.8, 4) is 112 Å². The summed E-state index contributed by atoms with van der Waals surface area (Å²) in [5.74, 6) is 0. The van der Waals surface area contributed by atoms with Gasteiger partial charge in [0.1, 0.15) is 0 Å². The van der Waals surface area contributed by atoms with Gasteiger partial charge in [-0.1, -0.05) is 504 Å². The van der Waals surface area contributed by atoms with E-state index in [0.29, 0.717) is 0 Å². The fourth-order valence-corrected chi connectivity index (χ4v) is 24.0. The normalized spacial score (nSPS) is 11.7. The van der Waals surface area contributed by atoms with Crippen molar-refractivity contribution in [3.05, 3.63) is 558 Å². The molecule has 30 aromatic rings. The van der Waals surface area contributed by atoms with Crippen molar-refractivity contribution in [1.82, 2.24) is 9.13 Å². The second-order valence-corrected chi connectivity index (χ2v) is 38.5. The quantitative estimate of drug-likeness (QED) is 0.122. The molecule has 0 unspecified atom stereocenters. The first-order valence-electron chi connectivity index (χ1n) is 50.6. The number of fused-ring (bicyclic) bond motifs is 18. The topological polar surface area (TPSA) is 9.86 Å². The lowest BCUT2D eigenvalue weighted by Gasteiger charge is -2.19. The summed E-state index contributed by atoms with van der Waals surface area (Å²) in [6.07, 6.45) is 0. The molecule has 0 aliphatic rings. The molecule has 0 radical (unpaired) electrons. The molecule has 2 aromatic heterocycles. The molecule has 28 aromatic carbocycles. The largest absolute Gasteiger partial charge is 0.309 e. The summed E-state index contributed by atoms with van der Waals surface area (Å²) >= 11 is 0. The molecule has 2 heterocycles. The van der Waals surface area contributed by atoms with Crippen molar-refractivity contribution in [1.29, 1.82) is 0 Å². The van der Waals surface area contributed by atoms with Crippen LogP contribution in [0, 0.1) is 0 Å². The SMILES string of the molecule is c1ccc2c(-c3ccc(-n4c5ccccc5c5ccccc54)c4ccccc34)ccc(-c3ccc(-c4ccc(-n5c6ccccc6c6ccccc65)c5ccccc45)c4ccccc34)c2c1.c1ccc2cc(-c3ccc(-c4cccc5c(-c6cccc7ccccc67)cccc45)c4ccccc34)ccc2c1.c1ccc2cc(-c3cccc4c(-c5ccc(-c6ccc7ccccc7c6)c6ccccc56)cccc34)ccc2c1. The van der Waals surface area contributed by atoms with Gasteiger partial charge in [0.05, 0.1) is 33.4 Å². The lowest BCUT2D eigenvalue weighted by Crippen LogP contribution is -1.97. The van der Waals surface area contributed by atoms with Gasteiger partial charge >= 0.3 is 0 Å². The minimum absolute atomic E-state index is 1.19. The Bertz CT molecular complexity index is 10100. The van der Waals surface area contributed by atoms with E-state index >= 15 is 0 Å². The standard InChI is InChI=1S/C64H40N2.2C40H26/c1-3-19-43-41(17-1)47(33-35-49(43)51-37-39-63(53-23-7-5-21-45(51)53)65-59-29-13-9-25-55(59)56-26-10-14-30-60(56)65)48-34-36-50(44-20-4-2-18-42(44)48)52-38-40-64(54-24-8-6-22-46(52)54)66-61-31-15-11-27-57(61)58-28-12-16-32-62(58)66;1-3-11-29-25-31(21-19-27(29)9-1)33-15-7-17-38-36(33)16-8-18-39(38)40-24-23-34(35-13-5-6-14-37(35)40)32-22-20-28-10-2-4-12-30(28)26-32;1-2-12-29-26-30(23-22-27(29)10-1)32-24-25-40(35-16-6-5-15-33(32)35)39-21-9-19-37-36(18-8-20-38(37)39)34-17-7-13-28-11-3-4-14-31(28)34/h1-40H;2*1-26H. The highest BCUT2D eigenvalue weighted by molar-refractivity contribution is 6.21. The molecular formula is C144H92N2. The highest BCUT2D eigenvalue weighted by Crippen LogP contribution is 2.50. The van der Waals surface area contributed by atoms with Crippen molar-refractivity contribution >= 4 is 173 Å². The Morgan fingerprint density at radius 2 is 0.253 bits per heavy atom. The average molecular weight is 1850 g/mol. The van der Waals surface area contributed by atoms with Gasteiger partial charge in [0.25, 0.3) is 0 Å². The first-order valence-corrected chi connectivity index (χ1v) is 50.6. The predicted molar refractivity (Wildman–Crippen MR) is 627 cm³/mol. The van der Waals surface area contributed by atoms with Crippen LogP contribution in [0.2, 0.25) is 0 Å². The van der Waals surface area contributed by atoms with E-state index in [-0.39, 0.29) is 0 Å². The lowest BCUT2D eigenvalue weighted by molar-refractivity contribution is 1.20. The summed E-state index contributed by atoms with van der Waals surface area (Å²) in [4.78, 5) is 0. The van der Waals surface area contributed by atoms with Crippen molar-refractivity contribution in [2.45, 2.75) is 0 Å². The van der Waals surface area contributed by atoms with E-state index in [1.807, 2.05) is 0 Å². The van der Waals surface area contributed by atoms with Gasteiger partial charge in [-0.3, -0.25) is 0 Å². The Labute approximate surface area is 845 Å². The fraction of sp³-hybridized carbons (Fsp3) is 0. The van der Waals surface area contributed by atoms with Crippen LogP contribution in [0.4, 0.5) is 0 Å². The minimum atomic E-state index is 1.19. The first-order chi connectivity index (χ1) is 72.5. The molecule has 2 nitrogen and oxygen atoms in total. The third-order valence-corrected chi connectivity index (χ3v) is 30.7. The molecule has 0 fully saturated rings. The maximum absolute atomic E-state index is 2.44. The van der Waals surface area contributed by atoms with Crippen LogP contribution in [0.15, 0.2) is 558 Å². The summed E-state index contributed by atoms with van der Waals surface area (Å²) in [7, 11) is 0. The van der Waals surface area contributed by atoms with Crippen LogP contribution in [-0.4, -0.2) is 9.13 Å². The van der Waals surface area contributed by atoms with Crippen LogP contribution >= 0.6 is 0 Å². The molecule has 0 saturated heterocycles. The van der Waals surface area contributed by atoms with E-state index in [1.54, 1.807) is 0 Å². The first kappa shape index (κ1) is 84.9. The van der Waals surface area contributed by atoms with Crippen LogP contribution < -0.4 is 0 Å². The van der Waals surface area contributed by atoms with Gasteiger partial charge in [-0.25, -0.2) is 0 Å². The number of rotatable bonds is 11. The minimum Gasteiger partial charge on any atom is -0.309 e. The molecule has 678 valence electrons. The van der Waals surface area contributed by atoms with Gasteiger partial charge in [0.15, 0.2) is 0 Å². The summed E-state index contributed by atoms with van der Waals surface area (Å²) in [5, 5.41) is 35.3. The Morgan fingerprint density at radius 3 is 0.541 bits per heavy atom. The molecule has 0 aliphatic heterocycles. The maximum atomic E-state index is 2.44. The zero-order valence-corrected chi connectivity index (χ0v) is 80.0. The van der Waals surface area contributed by atoms with Crippen LogP contribution in [0.1, 0.15) is 0 Å². The number of benzene rings is 28. The Kier molecular flexibility index (Phi) is 20.7. The molecule has 0 saturated carbocycles. The molecule has 0 aliphatic carbocycles. The summed E-state index contributed by atoms with van der Waals surface area (Å²) in [5.41, 5.74) is 29.8. The lowest BCUT2D eigenvalue weighted by atomic mass is 9.86. The van der Waals surface area contributed by atoms with E-state index in [2.05, 4.69) is 567 Å². The number of hydrogen-bond donors (Lipinski definition) is 0. The van der Waals surface area contributed by atoms with E-state index in [4.69, 9.17) is 0 Å². The van der Waals surface area contributed by atoms with E-state index in [0.717, 1.165) is 0 Å². The van der Waals surface area contributed by atoms with Crippen LogP contribution in [0.3, 0.4) is 0 Å². The van der Waals surface area contributed by atoms with Gasteiger partial charge in [-0.15, -0.1) is 0 Å². The molecule has 30 rings (SSSR count). The van der Waals surface area contributed by atoms with Crippen LogP contribution in [0.5, 0.6) is 0 Å². The summed E-state index contributed by atoms with van der Waals surface area (Å²) in [6, 6.07) is 205. The molecule has 0 amide bonds. The smallest absolute Gasteiger partial charge is 0.0541 e. The van der Waals surface area contributed by atoms with Crippen LogP contribution in [0.25, 0.3) is 284 Å². The highest BCUT2D eigenvalue weighted by Gasteiger charge is 2.25. The predicted octanol–water partition coefficient (Wildman–Crippen LogP) is 40.1. The molecule has 0 bridgehead atoms. The molecule has 0 atom stereocenters. The fourth-order valence-electron chi connectivity index (χ4n) is 24.0. The van der Waals surface area contributed by atoms with Crippen LogP contribution in [-0.2, 0) is 0 Å². The molecule has 0 N–H and O–H groups in total. The zero-order valence-electron chi connectivity index (χ0n) is 80.0. The third kappa shape index (κ3) is 14.3. The second kappa shape index (κ2) is 35.6. The highest BCUT2D eigenvalue weighted by atomic mass is 15.0. The van der Waals surface area contributed by atoms with Crippen molar-refractivity contribution in [2.75, 3.05) is 0 Å². The number of para-hydroxylation sites is 4. The second-order valence-electron chi connectivity index (χ2n) is 38.5. The number of nitrogens with zero attached hydrogens (tertiary/aromatic N) is 2. The molecule has 2 heteroatoms. The summed E-state index contributed by atoms with van der Waals surface area (Å²) in [6.45, 7) is 0. The summed E-state index contributed by atoms with van der Waals surface area (Å²) < 4.78 is 4.88. The van der Waals surface area contributed by atoms with E-state index in [1.165, 1.54) is 284 Å². The molecule has 146 heavy (non-hydrogen) atoms. The van der Waals surface area contributed by atoms with Gasteiger partial charge in [0, 0.05) is 32.3 Å². The molecule has 0 spiro atoms. The van der Waals surface area contributed by atoms with Crippen molar-refractivity contribution in [3.63, 3.8) is 0 Å². The Morgan fingerprint density at radius 1 is 0.0890 bits per heavy atom. The maximum Gasteiger partial charge on any atom is 0.0541 e. The zero-order chi connectivity index (χ0) is 96.2. The van der Waals surface area contributed by atoms with E-state index < -0.39 is 0 Å². The number of aromatic nitrogens is 2. The third-order valence-electron chi connectivity index (χ3n) is 30.7. The van der Waals surface area contributed by atoms with Gasteiger partial charge in [-0.2, -0.15) is 0 Å².